The zero-order valence-corrected chi connectivity index (χ0v) is 13.4. The fourth-order valence-corrected chi connectivity index (χ4v) is 2.90. The summed E-state index contributed by atoms with van der Waals surface area (Å²) in [6, 6.07) is 14.8. The average Bonchev–Trinajstić information content (AvgIpc) is 2.46. The zero-order valence-electron chi connectivity index (χ0n) is 12.7. The predicted octanol–water partition coefficient (Wildman–Crippen LogP) is 4.59. The van der Waals surface area contributed by atoms with Gasteiger partial charge in [-0.25, -0.2) is 4.39 Å². The molecule has 0 aliphatic carbocycles. The van der Waals surface area contributed by atoms with Gasteiger partial charge in [-0.15, -0.1) is 0 Å². The van der Waals surface area contributed by atoms with Crippen LogP contribution < -0.4 is 5.32 Å². The molecule has 0 heterocycles. The van der Waals surface area contributed by atoms with Gasteiger partial charge in [0, 0.05) is 16.5 Å². The second kappa shape index (κ2) is 6.59. The summed E-state index contributed by atoms with van der Waals surface area (Å²) in [7, 11) is 1.95. The van der Waals surface area contributed by atoms with Crippen LogP contribution in [0.3, 0.4) is 0 Å². The summed E-state index contributed by atoms with van der Waals surface area (Å²) in [5, 5.41) is 4.16. The normalized spacial score (nSPS) is 13.2. The Morgan fingerprint density at radius 1 is 1.10 bits per heavy atom. The highest BCUT2D eigenvalue weighted by Crippen LogP contribution is 2.30. The van der Waals surface area contributed by atoms with Crippen molar-refractivity contribution in [1.29, 1.82) is 0 Å². The number of hydrogen-bond donors (Lipinski definition) is 1. The molecule has 0 spiro atoms. The third kappa shape index (κ3) is 3.63. The molecule has 0 saturated carbocycles. The lowest BCUT2D eigenvalue weighted by molar-refractivity contribution is 0.356. The maximum absolute atomic E-state index is 13.1. The van der Waals surface area contributed by atoms with E-state index in [1.807, 2.05) is 43.4 Å². The van der Waals surface area contributed by atoms with Crippen LogP contribution >= 0.6 is 11.6 Å². The van der Waals surface area contributed by atoms with Crippen LogP contribution in [0.1, 0.15) is 25.0 Å². The fourth-order valence-electron chi connectivity index (χ4n) is 2.68. The first-order chi connectivity index (χ1) is 9.95. The van der Waals surface area contributed by atoms with Crippen LogP contribution in [0.2, 0.25) is 5.02 Å². The fraction of sp³-hybridized carbons (Fsp3) is 0.333. The largest absolute Gasteiger partial charge is 0.316 e. The minimum Gasteiger partial charge on any atom is -0.316 e. The van der Waals surface area contributed by atoms with E-state index in [9.17, 15) is 4.39 Å². The number of rotatable bonds is 5. The standard InChI is InChI=1S/C18H21ClFN/c1-18(2,14-8-10-15(20)11-9-14)17(21-3)12-13-6-4-5-7-16(13)19/h4-11,17,21H,12H2,1-3H3. The lowest BCUT2D eigenvalue weighted by Crippen LogP contribution is -2.44. The van der Waals surface area contributed by atoms with Crippen molar-refractivity contribution >= 4 is 11.6 Å². The SMILES string of the molecule is CNC(Cc1ccccc1Cl)C(C)(C)c1ccc(F)cc1. The van der Waals surface area contributed by atoms with Crippen molar-refractivity contribution in [1.82, 2.24) is 5.32 Å². The van der Waals surface area contributed by atoms with E-state index in [0.717, 1.165) is 22.6 Å². The van der Waals surface area contributed by atoms with E-state index in [1.54, 1.807) is 0 Å². The van der Waals surface area contributed by atoms with E-state index < -0.39 is 0 Å². The molecule has 1 unspecified atom stereocenters. The second-order valence-electron chi connectivity index (χ2n) is 5.87. The van der Waals surface area contributed by atoms with Gasteiger partial charge in [0.05, 0.1) is 0 Å². The Hall–Kier alpha value is -1.38. The van der Waals surface area contributed by atoms with Crippen LogP contribution in [0.5, 0.6) is 0 Å². The zero-order chi connectivity index (χ0) is 15.5. The van der Waals surface area contributed by atoms with Crippen molar-refractivity contribution < 1.29 is 4.39 Å². The first kappa shape index (κ1) is 16.0. The summed E-state index contributed by atoms with van der Waals surface area (Å²) in [6.07, 6.45) is 0.820. The molecule has 2 rings (SSSR count). The maximum atomic E-state index is 13.1. The first-order valence-corrected chi connectivity index (χ1v) is 7.49. The average molecular weight is 306 g/mol. The predicted molar refractivity (Wildman–Crippen MR) is 87.4 cm³/mol. The topological polar surface area (TPSA) is 12.0 Å². The van der Waals surface area contributed by atoms with Crippen LogP contribution in [0.4, 0.5) is 4.39 Å². The van der Waals surface area contributed by atoms with Crippen LogP contribution in [0, 0.1) is 5.82 Å². The Morgan fingerprint density at radius 2 is 1.71 bits per heavy atom. The van der Waals surface area contributed by atoms with Crippen LogP contribution in [-0.4, -0.2) is 13.1 Å². The summed E-state index contributed by atoms with van der Waals surface area (Å²) < 4.78 is 13.1. The van der Waals surface area contributed by atoms with Crippen molar-refractivity contribution in [2.75, 3.05) is 7.05 Å². The molecule has 0 radical (unpaired) electrons. The van der Waals surface area contributed by atoms with Crippen molar-refractivity contribution in [3.8, 4) is 0 Å². The molecule has 0 saturated heterocycles. The molecule has 2 aromatic rings. The van der Waals surface area contributed by atoms with E-state index in [1.165, 1.54) is 12.1 Å². The molecular formula is C18H21ClFN. The molecule has 0 amide bonds. The van der Waals surface area contributed by atoms with E-state index in [4.69, 9.17) is 11.6 Å². The summed E-state index contributed by atoms with van der Waals surface area (Å²) in [6.45, 7) is 4.33. The van der Waals surface area contributed by atoms with Crippen LogP contribution in [0.15, 0.2) is 48.5 Å². The monoisotopic (exact) mass is 305 g/mol. The van der Waals surface area contributed by atoms with Gasteiger partial charge in [-0.1, -0.05) is 55.8 Å². The molecule has 2 aromatic carbocycles. The number of benzene rings is 2. The van der Waals surface area contributed by atoms with Gasteiger partial charge in [0.25, 0.3) is 0 Å². The number of likely N-dealkylation sites (N-methyl/N-ethyl adjacent to an activating group) is 1. The molecule has 0 fully saturated rings. The lowest BCUT2D eigenvalue weighted by Gasteiger charge is -2.35. The molecule has 1 N–H and O–H groups in total. The second-order valence-corrected chi connectivity index (χ2v) is 6.27. The summed E-state index contributed by atoms with van der Waals surface area (Å²) in [5.41, 5.74) is 2.09. The van der Waals surface area contributed by atoms with Crippen LogP contribution in [0.25, 0.3) is 0 Å². The molecule has 0 aromatic heterocycles. The molecule has 3 heteroatoms. The van der Waals surface area contributed by atoms with Crippen molar-refractivity contribution in [2.24, 2.45) is 0 Å². The molecule has 21 heavy (non-hydrogen) atoms. The van der Waals surface area contributed by atoms with E-state index >= 15 is 0 Å². The summed E-state index contributed by atoms with van der Waals surface area (Å²) >= 11 is 6.26. The lowest BCUT2D eigenvalue weighted by atomic mass is 9.75. The molecule has 1 nitrogen and oxygen atoms in total. The Labute approximate surface area is 131 Å². The van der Waals surface area contributed by atoms with Gasteiger partial charge < -0.3 is 5.32 Å². The van der Waals surface area contributed by atoms with Gasteiger partial charge in [-0.2, -0.15) is 0 Å². The third-order valence-electron chi connectivity index (χ3n) is 4.19. The van der Waals surface area contributed by atoms with Gasteiger partial charge in [0.2, 0.25) is 0 Å². The highest BCUT2D eigenvalue weighted by molar-refractivity contribution is 6.31. The number of hydrogen-bond acceptors (Lipinski definition) is 1. The smallest absolute Gasteiger partial charge is 0.123 e. The minimum absolute atomic E-state index is 0.137. The molecule has 0 aliphatic heterocycles. The molecule has 0 aliphatic rings. The molecule has 0 bridgehead atoms. The quantitative estimate of drug-likeness (QED) is 0.852. The number of nitrogens with one attached hydrogen (secondary N) is 1. The van der Waals surface area contributed by atoms with Crippen molar-refractivity contribution in [2.45, 2.75) is 31.7 Å². The Morgan fingerprint density at radius 3 is 2.29 bits per heavy atom. The van der Waals surface area contributed by atoms with Gasteiger partial charge in [0.15, 0.2) is 0 Å². The first-order valence-electron chi connectivity index (χ1n) is 7.12. The Kier molecular flexibility index (Phi) is 5.02. The molecule has 1 atom stereocenters. The van der Waals surface area contributed by atoms with Crippen LogP contribution in [-0.2, 0) is 11.8 Å². The van der Waals surface area contributed by atoms with E-state index in [0.29, 0.717) is 0 Å². The van der Waals surface area contributed by atoms with E-state index in [2.05, 4.69) is 19.2 Å². The van der Waals surface area contributed by atoms with Crippen molar-refractivity contribution in [3.05, 3.63) is 70.5 Å². The van der Waals surface area contributed by atoms with E-state index in [-0.39, 0.29) is 17.3 Å². The van der Waals surface area contributed by atoms with Gasteiger partial charge in [-0.05, 0) is 42.8 Å². The Balaban J connectivity index is 2.27. The minimum atomic E-state index is -0.207. The van der Waals surface area contributed by atoms with Gasteiger partial charge in [0.1, 0.15) is 5.82 Å². The number of halogens is 2. The van der Waals surface area contributed by atoms with Crippen molar-refractivity contribution in [3.63, 3.8) is 0 Å². The molecule has 112 valence electrons. The highest BCUT2D eigenvalue weighted by atomic mass is 35.5. The molecular weight excluding hydrogens is 285 g/mol. The Bertz CT molecular complexity index is 592. The summed E-state index contributed by atoms with van der Waals surface area (Å²) in [4.78, 5) is 0. The van der Waals surface area contributed by atoms with Gasteiger partial charge >= 0.3 is 0 Å². The maximum Gasteiger partial charge on any atom is 0.123 e. The summed E-state index contributed by atoms with van der Waals surface area (Å²) in [5.74, 6) is -0.207. The highest BCUT2D eigenvalue weighted by Gasteiger charge is 2.30. The third-order valence-corrected chi connectivity index (χ3v) is 4.56. The van der Waals surface area contributed by atoms with Gasteiger partial charge in [-0.3, -0.25) is 0 Å².